The number of nitrogens with one attached hydrogen (secondary N) is 1. The van der Waals surface area contributed by atoms with Crippen molar-refractivity contribution in [1.82, 2.24) is 10.2 Å². The normalized spacial score (nSPS) is 22.6. The summed E-state index contributed by atoms with van der Waals surface area (Å²) in [6.45, 7) is 11.5. The molecule has 0 bridgehead atoms. The van der Waals surface area contributed by atoms with Gasteiger partial charge in [-0.3, -0.25) is 4.90 Å². The summed E-state index contributed by atoms with van der Waals surface area (Å²) >= 11 is 0. The lowest BCUT2D eigenvalue weighted by Crippen LogP contribution is -2.48. The van der Waals surface area contributed by atoms with E-state index in [4.69, 9.17) is 0 Å². The van der Waals surface area contributed by atoms with Crippen LogP contribution in [0.3, 0.4) is 0 Å². The zero-order valence-corrected chi connectivity index (χ0v) is 13.2. The molecule has 2 heteroatoms. The van der Waals surface area contributed by atoms with Crippen molar-refractivity contribution in [2.24, 2.45) is 5.92 Å². The van der Waals surface area contributed by atoms with Gasteiger partial charge in [0.25, 0.3) is 0 Å². The maximum Gasteiger partial charge on any atom is 0.0382 e. The lowest BCUT2D eigenvalue weighted by atomic mass is 9.74. The first-order valence-corrected chi connectivity index (χ1v) is 8.19. The molecule has 110 valence electrons. The molecule has 1 saturated heterocycles. The van der Waals surface area contributed by atoms with E-state index < -0.39 is 0 Å². The van der Waals surface area contributed by atoms with Crippen molar-refractivity contribution < 1.29 is 0 Å². The molecule has 2 aliphatic rings. The number of hydrogen-bond acceptors (Lipinski definition) is 2. The Bertz CT molecular complexity index is 447. The van der Waals surface area contributed by atoms with Gasteiger partial charge in [0.15, 0.2) is 0 Å². The first-order chi connectivity index (χ1) is 9.66. The van der Waals surface area contributed by atoms with Crippen molar-refractivity contribution in [1.29, 1.82) is 0 Å². The standard InChI is InChI=1S/C18H28N2/c1-13-11-14(2)17(15(3)12-13)18(16-5-4-6-16)20-9-7-19-8-10-20/h11-12,16,18-19H,4-10H2,1-3H3/t18-/m0/s1. The summed E-state index contributed by atoms with van der Waals surface area (Å²) in [4.78, 5) is 2.74. The smallest absolute Gasteiger partial charge is 0.0382 e. The Morgan fingerprint density at radius 2 is 1.65 bits per heavy atom. The third-order valence-corrected chi connectivity index (χ3v) is 5.18. The summed E-state index contributed by atoms with van der Waals surface area (Å²) in [5.41, 5.74) is 6.02. The number of nitrogens with zero attached hydrogens (tertiary/aromatic N) is 1. The molecule has 2 nitrogen and oxygen atoms in total. The molecule has 1 saturated carbocycles. The molecule has 1 aliphatic heterocycles. The van der Waals surface area contributed by atoms with Crippen molar-refractivity contribution in [2.75, 3.05) is 26.2 Å². The molecule has 0 aromatic heterocycles. The predicted octanol–water partition coefficient (Wildman–Crippen LogP) is 3.36. The molecule has 2 fully saturated rings. The second-order valence-corrected chi connectivity index (χ2v) is 6.73. The molecule has 1 atom stereocenters. The third-order valence-electron chi connectivity index (χ3n) is 5.18. The van der Waals surface area contributed by atoms with Crippen LogP contribution in [-0.2, 0) is 0 Å². The van der Waals surface area contributed by atoms with Crippen LogP contribution >= 0.6 is 0 Å². The van der Waals surface area contributed by atoms with Crippen LogP contribution in [0.4, 0.5) is 0 Å². The first kappa shape index (κ1) is 14.1. The molecular formula is C18H28N2. The van der Waals surface area contributed by atoms with E-state index in [1.54, 1.807) is 5.56 Å². The molecule has 1 aromatic carbocycles. The average Bonchev–Trinajstić information content (AvgIpc) is 2.35. The zero-order chi connectivity index (χ0) is 14.1. The van der Waals surface area contributed by atoms with Crippen molar-refractivity contribution in [3.05, 3.63) is 34.4 Å². The summed E-state index contributed by atoms with van der Waals surface area (Å²) in [5.74, 6) is 0.883. The third kappa shape index (κ3) is 2.64. The minimum Gasteiger partial charge on any atom is -0.314 e. The van der Waals surface area contributed by atoms with Crippen LogP contribution in [0.25, 0.3) is 0 Å². The molecule has 1 aromatic rings. The summed E-state index contributed by atoms with van der Waals surface area (Å²) < 4.78 is 0. The van der Waals surface area contributed by atoms with Gasteiger partial charge < -0.3 is 5.32 Å². The molecule has 0 unspecified atom stereocenters. The summed E-state index contributed by atoms with van der Waals surface area (Å²) in [5, 5.41) is 3.49. The van der Waals surface area contributed by atoms with Gasteiger partial charge in [-0.15, -0.1) is 0 Å². The maximum atomic E-state index is 3.49. The fourth-order valence-electron chi connectivity index (χ4n) is 4.09. The highest BCUT2D eigenvalue weighted by atomic mass is 15.2. The van der Waals surface area contributed by atoms with Gasteiger partial charge >= 0.3 is 0 Å². The van der Waals surface area contributed by atoms with E-state index in [-0.39, 0.29) is 0 Å². The van der Waals surface area contributed by atoms with E-state index in [1.807, 2.05) is 0 Å². The Kier molecular flexibility index (Phi) is 4.13. The second-order valence-electron chi connectivity index (χ2n) is 6.73. The molecule has 1 N–H and O–H groups in total. The molecular weight excluding hydrogens is 244 g/mol. The van der Waals surface area contributed by atoms with Gasteiger partial charge in [0.05, 0.1) is 0 Å². The minimum atomic E-state index is 0.659. The summed E-state index contributed by atoms with van der Waals surface area (Å²) in [6.07, 6.45) is 4.26. The predicted molar refractivity (Wildman–Crippen MR) is 85.2 cm³/mol. The Morgan fingerprint density at radius 1 is 1.05 bits per heavy atom. The van der Waals surface area contributed by atoms with Crippen LogP contribution in [0.2, 0.25) is 0 Å². The highest BCUT2D eigenvalue weighted by Gasteiger charge is 2.35. The van der Waals surface area contributed by atoms with Gasteiger partial charge in [-0.2, -0.15) is 0 Å². The van der Waals surface area contributed by atoms with Gasteiger partial charge in [0, 0.05) is 32.2 Å². The van der Waals surface area contributed by atoms with Crippen LogP contribution in [0, 0.1) is 26.7 Å². The highest BCUT2D eigenvalue weighted by Crippen LogP contribution is 2.43. The van der Waals surface area contributed by atoms with Gasteiger partial charge in [0.1, 0.15) is 0 Å². The molecule has 1 heterocycles. The maximum absolute atomic E-state index is 3.49. The van der Waals surface area contributed by atoms with E-state index in [2.05, 4.69) is 43.1 Å². The Hall–Kier alpha value is -0.860. The van der Waals surface area contributed by atoms with Crippen molar-refractivity contribution >= 4 is 0 Å². The quantitative estimate of drug-likeness (QED) is 0.907. The van der Waals surface area contributed by atoms with Gasteiger partial charge in [-0.1, -0.05) is 24.1 Å². The molecule has 3 rings (SSSR count). The minimum absolute atomic E-state index is 0.659. The average molecular weight is 272 g/mol. The monoisotopic (exact) mass is 272 g/mol. The van der Waals surface area contributed by atoms with Crippen molar-refractivity contribution in [2.45, 2.75) is 46.1 Å². The second kappa shape index (κ2) is 5.87. The molecule has 0 radical (unpaired) electrons. The largest absolute Gasteiger partial charge is 0.314 e. The van der Waals surface area contributed by atoms with Gasteiger partial charge in [-0.25, -0.2) is 0 Å². The van der Waals surface area contributed by atoms with E-state index in [1.165, 1.54) is 49.0 Å². The Balaban J connectivity index is 1.96. The van der Waals surface area contributed by atoms with E-state index >= 15 is 0 Å². The Labute approximate surface area is 123 Å². The SMILES string of the molecule is Cc1cc(C)c([C@H](C2CCC2)N2CCNCC2)c(C)c1. The lowest BCUT2D eigenvalue weighted by molar-refractivity contribution is 0.0828. The van der Waals surface area contributed by atoms with Crippen LogP contribution in [-0.4, -0.2) is 31.1 Å². The number of piperazine rings is 1. The summed E-state index contributed by atoms with van der Waals surface area (Å²) in [6, 6.07) is 5.40. The van der Waals surface area contributed by atoms with Crippen LogP contribution in [0.15, 0.2) is 12.1 Å². The zero-order valence-electron chi connectivity index (χ0n) is 13.2. The van der Waals surface area contributed by atoms with E-state index in [0.29, 0.717) is 6.04 Å². The number of rotatable bonds is 3. The van der Waals surface area contributed by atoms with Crippen LogP contribution in [0.1, 0.15) is 47.6 Å². The molecule has 20 heavy (non-hydrogen) atoms. The van der Waals surface area contributed by atoms with Crippen LogP contribution < -0.4 is 5.32 Å². The molecule has 0 spiro atoms. The topological polar surface area (TPSA) is 15.3 Å². The van der Waals surface area contributed by atoms with E-state index in [0.717, 1.165) is 19.0 Å². The van der Waals surface area contributed by atoms with Crippen molar-refractivity contribution in [3.63, 3.8) is 0 Å². The molecule has 1 aliphatic carbocycles. The fourth-order valence-corrected chi connectivity index (χ4v) is 4.09. The van der Waals surface area contributed by atoms with Crippen molar-refractivity contribution in [3.8, 4) is 0 Å². The van der Waals surface area contributed by atoms with E-state index in [9.17, 15) is 0 Å². The number of aryl methyl sites for hydroxylation is 3. The fraction of sp³-hybridized carbons (Fsp3) is 0.667. The number of benzene rings is 1. The molecule has 0 amide bonds. The summed E-state index contributed by atoms with van der Waals surface area (Å²) in [7, 11) is 0. The highest BCUT2D eigenvalue weighted by molar-refractivity contribution is 5.40. The van der Waals surface area contributed by atoms with Gasteiger partial charge in [-0.05, 0) is 56.2 Å². The van der Waals surface area contributed by atoms with Crippen LogP contribution in [0.5, 0.6) is 0 Å². The lowest BCUT2D eigenvalue weighted by Gasteiger charge is -2.44. The Morgan fingerprint density at radius 3 is 2.15 bits per heavy atom. The first-order valence-electron chi connectivity index (χ1n) is 8.19. The number of hydrogen-bond donors (Lipinski definition) is 1. The van der Waals surface area contributed by atoms with Gasteiger partial charge in [0.2, 0.25) is 0 Å².